The molecule has 0 aliphatic rings. The Labute approximate surface area is 191 Å². The van der Waals surface area contributed by atoms with Crippen LogP contribution in [-0.4, -0.2) is 17.1 Å². The van der Waals surface area contributed by atoms with Gasteiger partial charge in [-0.25, -0.2) is 0 Å². The van der Waals surface area contributed by atoms with Gasteiger partial charge in [0.1, 0.15) is 24.0 Å². The van der Waals surface area contributed by atoms with Crippen molar-refractivity contribution in [3.63, 3.8) is 0 Å². The Bertz CT molecular complexity index is 1280. The Morgan fingerprint density at radius 3 is 2.72 bits per heavy atom. The van der Waals surface area contributed by atoms with E-state index in [0.29, 0.717) is 19.7 Å². The third kappa shape index (κ3) is 5.08. The van der Waals surface area contributed by atoms with Gasteiger partial charge in [-0.3, -0.25) is 4.79 Å². The fraction of sp³-hybridized carbons (Fsp3) is 0.154. The fourth-order valence-corrected chi connectivity index (χ4v) is 4.10. The lowest BCUT2D eigenvalue weighted by atomic mass is 10.1. The number of carbonyl (C=O) groups excluding carboxylic acids is 1. The molecule has 2 heterocycles. The van der Waals surface area contributed by atoms with Crippen molar-refractivity contribution in [1.29, 1.82) is 5.26 Å². The summed E-state index contributed by atoms with van der Waals surface area (Å²) in [4.78, 5) is 13.6. The Morgan fingerprint density at radius 1 is 1.16 bits per heavy atom. The Kier molecular flexibility index (Phi) is 6.69. The number of amides is 1. The minimum absolute atomic E-state index is 0.0837. The SMILES string of the molecule is Cc1ccc(OCCn2cc(/C=C(\C#N)C(=O)NCc3cccs3)c3ccccc32)cc1. The molecular weight excluding hydrogens is 418 g/mol. The summed E-state index contributed by atoms with van der Waals surface area (Å²) in [5.41, 5.74) is 3.14. The Morgan fingerprint density at radius 2 is 1.97 bits per heavy atom. The number of thiophene rings is 1. The monoisotopic (exact) mass is 441 g/mol. The maximum atomic E-state index is 12.5. The summed E-state index contributed by atoms with van der Waals surface area (Å²) in [6, 6.07) is 21.9. The molecule has 6 heteroatoms. The number of nitrogens with one attached hydrogen (secondary N) is 1. The standard InChI is InChI=1S/C26H23N3O2S/c1-19-8-10-22(11-9-19)31-13-12-29-18-21(24-6-2-3-7-25(24)29)15-20(16-27)26(30)28-17-23-5-4-14-32-23/h2-11,14-15,18H,12-13,17H2,1H3,(H,28,30)/b20-15+. The number of nitrogens with zero attached hydrogens (tertiary/aromatic N) is 2. The van der Waals surface area contributed by atoms with Crippen molar-refractivity contribution in [2.45, 2.75) is 20.0 Å². The van der Waals surface area contributed by atoms with E-state index in [1.807, 2.05) is 85.2 Å². The van der Waals surface area contributed by atoms with Crippen LogP contribution in [-0.2, 0) is 17.9 Å². The van der Waals surface area contributed by atoms with E-state index in [1.54, 1.807) is 17.4 Å². The van der Waals surface area contributed by atoms with Crippen LogP contribution in [0.3, 0.4) is 0 Å². The predicted molar refractivity (Wildman–Crippen MR) is 128 cm³/mol. The molecular formula is C26H23N3O2S. The molecule has 5 nitrogen and oxygen atoms in total. The molecule has 0 saturated heterocycles. The molecule has 160 valence electrons. The number of hydrogen-bond donors (Lipinski definition) is 1. The zero-order valence-corrected chi connectivity index (χ0v) is 18.6. The first-order valence-electron chi connectivity index (χ1n) is 10.3. The molecule has 32 heavy (non-hydrogen) atoms. The number of hydrogen-bond acceptors (Lipinski definition) is 4. The second kappa shape index (κ2) is 9.99. The number of rotatable bonds is 8. The normalized spacial score (nSPS) is 11.3. The van der Waals surface area contributed by atoms with Crippen LogP contribution >= 0.6 is 11.3 Å². The van der Waals surface area contributed by atoms with Crippen molar-refractivity contribution in [3.05, 3.63) is 93.8 Å². The number of aryl methyl sites for hydroxylation is 1. The van der Waals surface area contributed by atoms with Gasteiger partial charge in [-0.2, -0.15) is 5.26 Å². The summed E-state index contributed by atoms with van der Waals surface area (Å²) in [7, 11) is 0. The molecule has 1 amide bonds. The molecule has 0 fully saturated rings. The van der Waals surface area contributed by atoms with Crippen molar-refractivity contribution in [2.75, 3.05) is 6.61 Å². The lowest BCUT2D eigenvalue weighted by Crippen LogP contribution is -2.23. The molecule has 4 rings (SSSR count). The molecule has 4 aromatic rings. The van der Waals surface area contributed by atoms with Crippen molar-refractivity contribution in [1.82, 2.24) is 9.88 Å². The maximum absolute atomic E-state index is 12.5. The van der Waals surface area contributed by atoms with Gasteiger partial charge in [0.2, 0.25) is 0 Å². The smallest absolute Gasteiger partial charge is 0.262 e. The summed E-state index contributed by atoms with van der Waals surface area (Å²) < 4.78 is 7.97. The van der Waals surface area contributed by atoms with Crippen LogP contribution < -0.4 is 10.1 Å². The number of para-hydroxylation sites is 1. The zero-order chi connectivity index (χ0) is 22.3. The number of aromatic nitrogens is 1. The van der Waals surface area contributed by atoms with Crippen LogP contribution in [0.4, 0.5) is 0 Å². The molecule has 1 N–H and O–H groups in total. The van der Waals surface area contributed by atoms with Crippen LogP contribution in [0.15, 0.2) is 77.8 Å². The van der Waals surface area contributed by atoms with Gasteiger partial charge >= 0.3 is 0 Å². The van der Waals surface area contributed by atoms with E-state index < -0.39 is 0 Å². The van der Waals surface area contributed by atoms with E-state index in [9.17, 15) is 10.1 Å². The molecule has 0 spiro atoms. The second-order valence-electron chi connectivity index (χ2n) is 7.39. The minimum atomic E-state index is -0.375. The second-order valence-corrected chi connectivity index (χ2v) is 8.42. The first-order chi connectivity index (χ1) is 15.6. The molecule has 0 saturated carbocycles. The Balaban J connectivity index is 1.51. The summed E-state index contributed by atoms with van der Waals surface area (Å²) in [6.07, 6.45) is 3.62. The highest BCUT2D eigenvalue weighted by atomic mass is 32.1. The third-order valence-electron chi connectivity index (χ3n) is 5.11. The van der Waals surface area contributed by atoms with Crippen LogP contribution in [0.1, 0.15) is 16.0 Å². The van der Waals surface area contributed by atoms with Gasteiger partial charge in [-0.1, -0.05) is 42.0 Å². The average Bonchev–Trinajstić information content (AvgIpc) is 3.45. The van der Waals surface area contributed by atoms with E-state index in [0.717, 1.165) is 27.1 Å². The maximum Gasteiger partial charge on any atom is 0.262 e. The number of nitriles is 1. The largest absolute Gasteiger partial charge is 0.492 e. The number of benzene rings is 2. The van der Waals surface area contributed by atoms with Gasteiger partial charge in [-0.15, -0.1) is 11.3 Å². The minimum Gasteiger partial charge on any atom is -0.492 e. The quantitative estimate of drug-likeness (QED) is 0.297. The molecule has 0 aliphatic heterocycles. The molecule has 0 bridgehead atoms. The first-order valence-corrected chi connectivity index (χ1v) is 11.2. The molecule has 0 atom stereocenters. The molecule has 0 aliphatic carbocycles. The summed E-state index contributed by atoms with van der Waals surface area (Å²) in [5.74, 6) is 0.460. The van der Waals surface area contributed by atoms with E-state index in [1.165, 1.54) is 5.56 Å². The number of fused-ring (bicyclic) bond motifs is 1. The lowest BCUT2D eigenvalue weighted by Gasteiger charge is -2.08. The summed E-state index contributed by atoms with van der Waals surface area (Å²) in [6.45, 7) is 3.61. The van der Waals surface area contributed by atoms with Gasteiger partial charge in [-0.05, 0) is 42.6 Å². The van der Waals surface area contributed by atoms with E-state index >= 15 is 0 Å². The van der Waals surface area contributed by atoms with Crippen molar-refractivity contribution in [3.8, 4) is 11.8 Å². The van der Waals surface area contributed by atoms with Crippen molar-refractivity contribution in [2.24, 2.45) is 0 Å². The van der Waals surface area contributed by atoms with E-state index in [2.05, 4.69) is 9.88 Å². The fourth-order valence-electron chi connectivity index (χ4n) is 3.45. The van der Waals surface area contributed by atoms with Gasteiger partial charge < -0.3 is 14.6 Å². The molecule has 0 radical (unpaired) electrons. The predicted octanol–water partition coefficient (Wildman–Crippen LogP) is 5.31. The van der Waals surface area contributed by atoms with Crippen LogP contribution in [0.5, 0.6) is 5.75 Å². The van der Waals surface area contributed by atoms with Gasteiger partial charge in [0.25, 0.3) is 5.91 Å². The highest BCUT2D eigenvalue weighted by Gasteiger charge is 2.12. The highest BCUT2D eigenvalue weighted by Crippen LogP contribution is 2.24. The Hall–Kier alpha value is -3.82. The van der Waals surface area contributed by atoms with E-state index in [4.69, 9.17) is 4.74 Å². The van der Waals surface area contributed by atoms with Crippen LogP contribution in [0.2, 0.25) is 0 Å². The number of ether oxygens (including phenoxy) is 1. The summed E-state index contributed by atoms with van der Waals surface area (Å²) >= 11 is 1.57. The first kappa shape index (κ1) is 21.4. The molecule has 2 aromatic carbocycles. The van der Waals surface area contributed by atoms with Gasteiger partial charge in [0.15, 0.2) is 0 Å². The van der Waals surface area contributed by atoms with Crippen LogP contribution in [0.25, 0.3) is 17.0 Å². The van der Waals surface area contributed by atoms with Crippen LogP contribution in [0, 0.1) is 18.3 Å². The molecule has 2 aromatic heterocycles. The van der Waals surface area contributed by atoms with Gasteiger partial charge in [0.05, 0.1) is 13.1 Å². The topological polar surface area (TPSA) is 67.0 Å². The third-order valence-corrected chi connectivity index (χ3v) is 5.99. The van der Waals surface area contributed by atoms with Crippen molar-refractivity contribution < 1.29 is 9.53 Å². The average molecular weight is 442 g/mol. The zero-order valence-electron chi connectivity index (χ0n) is 17.7. The highest BCUT2D eigenvalue weighted by molar-refractivity contribution is 7.09. The number of carbonyl (C=O) groups is 1. The van der Waals surface area contributed by atoms with Crippen molar-refractivity contribution >= 4 is 34.2 Å². The molecule has 0 unspecified atom stereocenters. The van der Waals surface area contributed by atoms with E-state index in [-0.39, 0.29) is 11.5 Å². The van der Waals surface area contributed by atoms with Gasteiger partial charge in [0, 0.05) is 27.5 Å². The lowest BCUT2D eigenvalue weighted by molar-refractivity contribution is -0.117. The summed E-state index contributed by atoms with van der Waals surface area (Å²) in [5, 5.41) is 15.3.